The van der Waals surface area contributed by atoms with Gasteiger partial charge in [-0.2, -0.15) is 10.2 Å². The molecule has 2 rings (SSSR count). The Morgan fingerprint density at radius 2 is 2.04 bits per heavy atom. The fourth-order valence-corrected chi connectivity index (χ4v) is 3.40. The van der Waals surface area contributed by atoms with E-state index in [1.165, 1.54) is 21.8 Å². The zero-order valence-corrected chi connectivity index (χ0v) is 15.9. The van der Waals surface area contributed by atoms with Crippen molar-refractivity contribution in [1.29, 1.82) is 0 Å². The van der Waals surface area contributed by atoms with Crippen molar-refractivity contribution >= 4 is 21.6 Å². The van der Waals surface area contributed by atoms with E-state index in [9.17, 15) is 13.2 Å². The Labute approximate surface area is 147 Å². The lowest BCUT2D eigenvalue weighted by molar-refractivity contribution is 0.0944. The summed E-state index contributed by atoms with van der Waals surface area (Å²) in [5, 5.41) is 10.9. The maximum Gasteiger partial charge on any atom is 0.273 e. The molecule has 9 nitrogen and oxygen atoms in total. The van der Waals surface area contributed by atoms with Crippen molar-refractivity contribution in [3.05, 3.63) is 23.8 Å². The van der Waals surface area contributed by atoms with Gasteiger partial charge < -0.3 is 5.32 Å². The third kappa shape index (κ3) is 4.19. The van der Waals surface area contributed by atoms with Crippen LogP contribution in [0, 0.1) is 12.8 Å². The van der Waals surface area contributed by atoms with Crippen LogP contribution < -0.4 is 10.0 Å². The van der Waals surface area contributed by atoms with Gasteiger partial charge in [0.2, 0.25) is 0 Å². The summed E-state index contributed by atoms with van der Waals surface area (Å²) in [7, 11) is -2.21. The highest BCUT2D eigenvalue weighted by molar-refractivity contribution is 7.92. The van der Waals surface area contributed by atoms with E-state index < -0.39 is 15.9 Å². The van der Waals surface area contributed by atoms with E-state index in [-0.39, 0.29) is 22.2 Å². The summed E-state index contributed by atoms with van der Waals surface area (Å²) < 4.78 is 30.7. The number of carbonyl (C=O) groups excluding carboxylic acids is 1. The van der Waals surface area contributed by atoms with Crippen LogP contribution in [-0.4, -0.2) is 40.4 Å². The molecule has 25 heavy (non-hydrogen) atoms. The Hall–Kier alpha value is -2.36. The van der Waals surface area contributed by atoms with Crippen molar-refractivity contribution < 1.29 is 13.2 Å². The van der Waals surface area contributed by atoms with Crippen LogP contribution in [0.5, 0.6) is 0 Å². The number of anilines is 1. The van der Waals surface area contributed by atoms with Gasteiger partial charge >= 0.3 is 0 Å². The Kier molecular flexibility index (Phi) is 5.51. The Bertz CT molecular complexity index is 866. The molecule has 0 unspecified atom stereocenters. The summed E-state index contributed by atoms with van der Waals surface area (Å²) in [6, 6.07) is 0. The van der Waals surface area contributed by atoms with E-state index in [1.807, 2.05) is 20.8 Å². The third-order valence-corrected chi connectivity index (χ3v) is 5.16. The lowest BCUT2D eigenvalue weighted by Gasteiger charge is -2.09. The highest BCUT2D eigenvalue weighted by atomic mass is 32.2. The van der Waals surface area contributed by atoms with Crippen LogP contribution in [0.2, 0.25) is 0 Å². The molecule has 2 aromatic rings. The van der Waals surface area contributed by atoms with Gasteiger partial charge in [0.1, 0.15) is 4.90 Å². The summed E-state index contributed by atoms with van der Waals surface area (Å²) in [5.74, 6) is -0.142. The molecule has 0 aromatic carbocycles. The first-order valence-electron chi connectivity index (χ1n) is 8.02. The average Bonchev–Trinajstić information content (AvgIpc) is 3.09. The highest BCUT2D eigenvalue weighted by Crippen LogP contribution is 2.21. The average molecular weight is 368 g/mol. The number of carbonyl (C=O) groups is 1. The largest absolute Gasteiger partial charge is 0.350 e. The van der Waals surface area contributed by atoms with Crippen molar-refractivity contribution in [1.82, 2.24) is 24.9 Å². The molecule has 0 saturated carbocycles. The number of hydrogen-bond acceptors (Lipinski definition) is 5. The number of rotatable bonds is 7. The second-order valence-corrected chi connectivity index (χ2v) is 7.83. The fourth-order valence-electron chi connectivity index (χ4n) is 2.15. The number of hydrogen-bond donors (Lipinski definition) is 2. The van der Waals surface area contributed by atoms with Crippen molar-refractivity contribution in [2.45, 2.75) is 39.1 Å². The number of aryl methyl sites for hydroxylation is 2. The van der Waals surface area contributed by atoms with Crippen LogP contribution in [0.3, 0.4) is 0 Å². The number of aromatic nitrogens is 4. The molecule has 0 radical (unpaired) electrons. The molecule has 2 aromatic heterocycles. The highest BCUT2D eigenvalue weighted by Gasteiger charge is 2.25. The molecule has 0 aliphatic carbocycles. The van der Waals surface area contributed by atoms with E-state index in [4.69, 9.17) is 0 Å². The molecule has 0 atom stereocenters. The van der Waals surface area contributed by atoms with Gasteiger partial charge in [0, 0.05) is 26.3 Å². The molecule has 0 spiro atoms. The fraction of sp³-hybridized carbons (Fsp3) is 0.533. The molecule has 0 bridgehead atoms. The van der Waals surface area contributed by atoms with Gasteiger partial charge in [-0.25, -0.2) is 8.42 Å². The van der Waals surface area contributed by atoms with Gasteiger partial charge in [-0.05, 0) is 19.8 Å². The van der Waals surface area contributed by atoms with E-state index in [0.29, 0.717) is 18.8 Å². The molecule has 1 amide bonds. The molecule has 0 saturated heterocycles. The lowest BCUT2D eigenvalue weighted by Crippen LogP contribution is -2.28. The number of sulfonamides is 1. The Morgan fingerprint density at radius 3 is 2.56 bits per heavy atom. The quantitative estimate of drug-likeness (QED) is 0.761. The SMILES string of the molecule is CCn1cc(NS(=O)(=O)c2cnn(C)c2C)c(C(=O)NCC(C)C)n1. The topological polar surface area (TPSA) is 111 Å². The maximum absolute atomic E-state index is 12.6. The summed E-state index contributed by atoms with van der Waals surface area (Å²) >= 11 is 0. The van der Waals surface area contributed by atoms with Gasteiger partial charge in [-0.3, -0.25) is 18.9 Å². The summed E-state index contributed by atoms with van der Waals surface area (Å²) in [6.07, 6.45) is 2.79. The first kappa shape index (κ1) is 19.0. The molecule has 138 valence electrons. The lowest BCUT2D eigenvalue weighted by atomic mass is 10.2. The molecule has 0 aliphatic rings. The first-order valence-corrected chi connectivity index (χ1v) is 9.51. The van der Waals surface area contributed by atoms with Crippen molar-refractivity contribution in [3.8, 4) is 0 Å². The van der Waals surface area contributed by atoms with Crippen LogP contribution in [0.15, 0.2) is 17.3 Å². The standard InChI is InChI=1S/C15H24N6O3S/c1-6-21-9-12(14(18-21)15(22)16-7-10(2)3)19-25(23,24)13-8-17-20(5)11(13)4/h8-10,19H,6-7H2,1-5H3,(H,16,22). The molecule has 0 aliphatic heterocycles. The molecule has 2 heterocycles. The van der Waals surface area contributed by atoms with E-state index >= 15 is 0 Å². The van der Waals surface area contributed by atoms with Crippen LogP contribution in [0.4, 0.5) is 5.69 Å². The normalized spacial score (nSPS) is 11.8. The van der Waals surface area contributed by atoms with Gasteiger partial charge in [0.15, 0.2) is 5.69 Å². The minimum Gasteiger partial charge on any atom is -0.350 e. The Morgan fingerprint density at radius 1 is 1.36 bits per heavy atom. The molecular formula is C15H24N6O3S. The van der Waals surface area contributed by atoms with E-state index in [1.54, 1.807) is 14.0 Å². The molecular weight excluding hydrogens is 344 g/mol. The van der Waals surface area contributed by atoms with E-state index in [2.05, 4.69) is 20.2 Å². The number of nitrogens with one attached hydrogen (secondary N) is 2. The summed E-state index contributed by atoms with van der Waals surface area (Å²) in [6.45, 7) is 8.45. The van der Waals surface area contributed by atoms with Crippen molar-refractivity contribution in [2.75, 3.05) is 11.3 Å². The van der Waals surface area contributed by atoms with Crippen LogP contribution in [0.25, 0.3) is 0 Å². The van der Waals surface area contributed by atoms with E-state index in [0.717, 1.165) is 0 Å². The summed E-state index contributed by atoms with van der Waals surface area (Å²) in [4.78, 5) is 12.4. The zero-order valence-electron chi connectivity index (χ0n) is 15.1. The second kappa shape index (κ2) is 7.26. The first-order chi connectivity index (χ1) is 11.7. The molecule has 0 fully saturated rings. The number of nitrogens with zero attached hydrogens (tertiary/aromatic N) is 4. The minimum atomic E-state index is -3.87. The van der Waals surface area contributed by atoms with Crippen LogP contribution in [0.1, 0.15) is 37.0 Å². The molecule has 10 heteroatoms. The predicted octanol–water partition coefficient (Wildman–Crippen LogP) is 1.13. The smallest absolute Gasteiger partial charge is 0.273 e. The van der Waals surface area contributed by atoms with Gasteiger partial charge in [0.25, 0.3) is 15.9 Å². The van der Waals surface area contributed by atoms with Gasteiger partial charge in [0.05, 0.1) is 17.6 Å². The monoisotopic (exact) mass is 368 g/mol. The Balaban J connectivity index is 2.34. The van der Waals surface area contributed by atoms with Gasteiger partial charge in [-0.15, -0.1) is 0 Å². The van der Waals surface area contributed by atoms with Crippen molar-refractivity contribution in [3.63, 3.8) is 0 Å². The molecule has 2 N–H and O–H groups in total. The van der Waals surface area contributed by atoms with Crippen LogP contribution in [-0.2, 0) is 23.6 Å². The minimum absolute atomic E-state index is 0.0487. The van der Waals surface area contributed by atoms with Crippen LogP contribution >= 0.6 is 0 Å². The summed E-state index contributed by atoms with van der Waals surface area (Å²) in [5.41, 5.74) is 0.695. The third-order valence-electron chi connectivity index (χ3n) is 3.70. The zero-order chi connectivity index (χ0) is 18.8. The predicted molar refractivity (Wildman–Crippen MR) is 93.8 cm³/mol. The van der Waals surface area contributed by atoms with Crippen molar-refractivity contribution in [2.24, 2.45) is 13.0 Å². The van der Waals surface area contributed by atoms with Gasteiger partial charge in [-0.1, -0.05) is 13.8 Å². The maximum atomic E-state index is 12.6. The second-order valence-electron chi connectivity index (χ2n) is 6.17. The number of amides is 1.